The van der Waals surface area contributed by atoms with Crippen LogP contribution in [0.15, 0.2) is 12.7 Å². The minimum Gasteiger partial charge on any atom is -0.349 e. The maximum Gasteiger partial charge on any atom is 0.246 e. The van der Waals surface area contributed by atoms with E-state index in [1.165, 1.54) is 6.92 Å². The van der Waals surface area contributed by atoms with Crippen LogP contribution in [0.3, 0.4) is 0 Å². The van der Waals surface area contributed by atoms with Gasteiger partial charge in [0.05, 0.1) is 0 Å². The summed E-state index contributed by atoms with van der Waals surface area (Å²) >= 11 is 0. The van der Waals surface area contributed by atoms with Crippen molar-refractivity contribution < 1.29 is 14.5 Å². The summed E-state index contributed by atoms with van der Waals surface area (Å²) in [6.07, 6.45) is 2.99. The summed E-state index contributed by atoms with van der Waals surface area (Å²) in [5, 5.41) is 16.5. The fraction of sp³-hybridized carbons (Fsp3) is 0.750. The van der Waals surface area contributed by atoms with Gasteiger partial charge < -0.3 is 10.6 Å². The van der Waals surface area contributed by atoms with E-state index in [2.05, 4.69) is 17.2 Å². The Morgan fingerprint density at radius 3 is 2.43 bits per heavy atom. The third-order valence-corrected chi connectivity index (χ3v) is 3.96. The van der Waals surface area contributed by atoms with Gasteiger partial charge in [-0.05, 0) is 46.0 Å². The third kappa shape index (κ3) is 5.65. The highest BCUT2D eigenvalue weighted by atomic mass is 16.6. The van der Waals surface area contributed by atoms with Gasteiger partial charge in [-0.3, -0.25) is 19.7 Å². The molecule has 0 aromatic heterocycles. The van der Waals surface area contributed by atoms with Crippen molar-refractivity contribution in [2.24, 2.45) is 11.8 Å². The molecule has 1 aliphatic rings. The van der Waals surface area contributed by atoms with Crippen molar-refractivity contribution in [1.82, 2.24) is 10.6 Å². The molecule has 1 aliphatic carbocycles. The zero-order chi connectivity index (χ0) is 17.8. The maximum absolute atomic E-state index is 12.8. The van der Waals surface area contributed by atoms with E-state index in [4.69, 9.17) is 0 Å². The number of nitro groups is 1. The fourth-order valence-electron chi connectivity index (χ4n) is 3.29. The van der Waals surface area contributed by atoms with Gasteiger partial charge >= 0.3 is 0 Å². The summed E-state index contributed by atoms with van der Waals surface area (Å²) in [5.41, 5.74) is -1.58. The molecule has 1 saturated carbocycles. The van der Waals surface area contributed by atoms with Gasteiger partial charge in [0.25, 0.3) is 0 Å². The first-order valence-electron chi connectivity index (χ1n) is 7.83. The zero-order valence-corrected chi connectivity index (χ0v) is 14.3. The SMILES string of the molecule is C=CC1CC(C[N+](=O)[O-])CC(NC(C)=O)(C(=O)NC(C)(C)C)C1. The molecule has 3 unspecified atom stereocenters. The van der Waals surface area contributed by atoms with E-state index >= 15 is 0 Å². The summed E-state index contributed by atoms with van der Waals surface area (Å²) in [6.45, 7) is 10.5. The first-order valence-corrected chi connectivity index (χ1v) is 7.83. The molecule has 0 aliphatic heterocycles. The Hall–Kier alpha value is -1.92. The van der Waals surface area contributed by atoms with Crippen molar-refractivity contribution in [3.8, 4) is 0 Å². The minimum atomic E-state index is -1.13. The Morgan fingerprint density at radius 2 is 2.00 bits per heavy atom. The van der Waals surface area contributed by atoms with E-state index < -0.39 is 11.1 Å². The number of hydrogen-bond donors (Lipinski definition) is 2. The molecule has 0 aromatic rings. The highest BCUT2D eigenvalue weighted by Gasteiger charge is 2.48. The van der Waals surface area contributed by atoms with E-state index in [9.17, 15) is 19.7 Å². The predicted octanol–water partition coefficient (Wildman–Crippen LogP) is 1.65. The van der Waals surface area contributed by atoms with Gasteiger partial charge in [-0.2, -0.15) is 0 Å². The Bertz CT molecular complexity index is 498. The second kappa shape index (κ2) is 7.10. The first kappa shape index (κ1) is 19.1. The van der Waals surface area contributed by atoms with E-state index in [0.717, 1.165) is 0 Å². The predicted molar refractivity (Wildman–Crippen MR) is 87.3 cm³/mol. The van der Waals surface area contributed by atoms with E-state index in [1.807, 2.05) is 20.8 Å². The van der Waals surface area contributed by atoms with Crippen molar-refractivity contribution in [2.45, 2.75) is 58.0 Å². The fourth-order valence-corrected chi connectivity index (χ4v) is 3.29. The Balaban J connectivity index is 3.14. The second-order valence-corrected chi connectivity index (χ2v) is 7.49. The van der Waals surface area contributed by atoms with E-state index in [-0.39, 0.29) is 41.5 Å². The molecule has 1 fully saturated rings. The largest absolute Gasteiger partial charge is 0.349 e. The average molecular weight is 325 g/mol. The molecule has 3 atom stereocenters. The summed E-state index contributed by atoms with van der Waals surface area (Å²) in [5.74, 6) is -0.940. The van der Waals surface area contributed by atoms with Gasteiger partial charge in [0.1, 0.15) is 5.54 Å². The minimum absolute atomic E-state index is 0.0498. The summed E-state index contributed by atoms with van der Waals surface area (Å²) < 4.78 is 0. The molecule has 0 saturated heterocycles. The monoisotopic (exact) mass is 325 g/mol. The molecule has 0 aromatic carbocycles. The number of rotatable bonds is 5. The highest BCUT2D eigenvalue weighted by molar-refractivity contribution is 5.91. The lowest BCUT2D eigenvalue weighted by molar-refractivity contribution is -0.489. The number of amides is 2. The van der Waals surface area contributed by atoms with Gasteiger partial charge in [0.2, 0.25) is 18.4 Å². The van der Waals surface area contributed by atoms with Crippen LogP contribution in [0.5, 0.6) is 0 Å². The summed E-state index contributed by atoms with van der Waals surface area (Å²) in [6, 6.07) is 0. The first-order chi connectivity index (χ1) is 10.5. The normalized spacial score (nSPS) is 27.8. The van der Waals surface area contributed by atoms with Gasteiger partial charge in [-0.15, -0.1) is 6.58 Å². The quantitative estimate of drug-likeness (QED) is 0.456. The van der Waals surface area contributed by atoms with Crippen molar-refractivity contribution >= 4 is 11.8 Å². The molecule has 7 heteroatoms. The molecular formula is C16H27N3O4. The van der Waals surface area contributed by atoms with Crippen LogP contribution in [-0.4, -0.2) is 34.4 Å². The Morgan fingerprint density at radius 1 is 1.39 bits per heavy atom. The average Bonchev–Trinajstić information content (AvgIpc) is 2.34. The number of nitrogens with one attached hydrogen (secondary N) is 2. The smallest absolute Gasteiger partial charge is 0.246 e. The zero-order valence-electron chi connectivity index (χ0n) is 14.3. The molecule has 2 N–H and O–H groups in total. The Labute approximate surface area is 137 Å². The maximum atomic E-state index is 12.8. The highest BCUT2D eigenvalue weighted by Crippen LogP contribution is 2.37. The number of carbonyl (C=O) groups is 2. The molecule has 0 spiro atoms. The van der Waals surface area contributed by atoms with Crippen LogP contribution in [0.2, 0.25) is 0 Å². The molecule has 0 heterocycles. The van der Waals surface area contributed by atoms with Crippen molar-refractivity contribution in [3.63, 3.8) is 0 Å². The van der Waals surface area contributed by atoms with Gasteiger partial charge in [0, 0.05) is 23.3 Å². The molecular weight excluding hydrogens is 298 g/mol. The van der Waals surface area contributed by atoms with Crippen LogP contribution >= 0.6 is 0 Å². The van der Waals surface area contributed by atoms with Crippen LogP contribution < -0.4 is 10.6 Å². The molecule has 7 nitrogen and oxygen atoms in total. The summed E-state index contributed by atoms with van der Waals surface area (Å²) in [4.78, 5) is 35.0. The molecule has 0 radical (unpaired) electrons. The second-order valence-electron chi connectivity index (χ2n) is 7.49. The number of allylic oxidation sites excluding steroid dienone is 1. The van der Waals surface area contributed by atoms with Crippen molar-refractivity contribution in [1.29, 1.82) is 0 Å². The molecule has 2 amide bonds. The number of carbonyl (C=O) groups excluding carboxylic acids is 2. The van der Waals surface area contributed by atoms with Crippen molar-refractivity contribution in [2.75, 3.05) is 6.54 Å². The summed E-state index contributed by atoms with van der Waals surface area (Å²) in [7, 11) is 0. The topological polar surface area (TPSA) is 101 Å². The lowest BCUT2D eigenvalue weighted by Gasteiger charge is -2.43. The molecule has 0 bridgehead atoms. The lowest BCUT2D eigenvalue weighted by Crippen LogP contribution is -2.64. The van der Waals surface area contributed by atoms with Crippen LogP contribution in [0.25, 0.3) is 0 Å². The molecule has 1 rings (SSSR count). The molecule has 130 valence electrons. The molecule has 23 heavy (non-hydrogen) atoms. The third-order valence-electron chi connectivity index (χ3n) is 3.96. The van der Waals surface area contributed by atoms with Crippen LogP contribution in [0.1, 0.15) is 47.0 Å². The van der Waals surface area contributed by atoms with Crippen LogP contribution in [-0.2, 0) is 9.59 Å². The van der Waals surface area contributed by atoms with Crippen LogP contribution in [0, 0.1) is 22.0 Å². The van der Waals surface area contributed by atoms with Gasteiger partial charge in [-0.25, -0.2) is 0 Å². The number of hydrogen-bond acceptors (Lipinski definition) is 4. The Kier molecular flexibility index (Phi) is 5.91. The van der Waals surface area contributed by atoms with Crippen molar-refractivity contribution in [3.05, 3.63) is 22.8 Å². The van der Waals surface area contributed by atoms with Gasteiger partial charge in [0.15, 0.2) is 0 Å². The number of nitrogens with zero attached hydrogens (tertiary/aromatic N) is 1. The van der Waals surface area contributed by atoms with E-state index in [0.29, 0.717) is 12.8 Å². The van der Waals surface area contributed by atoms with E-state index in [1.54, 1.807) is 6.08 Å². The van der Waals surface area contributed by atoms with Gasteiger partial charge in [-0.1, -0.05) is 6.08 Å². The van der Waals surface area contributed by atoms with Crippen LogP contribution in [0.4, 0.5) is 0 Å². The lowest BCUT2D eigenvalue weighted by atomic mass is 9.69. The standard InChI is InChI=1S/C16H27N3O4/c1-6-12-7-13(10-19(22)23)9-16(8-12,17-11(2)20)14(21)18-15(3,4)5/h6,12-13H,1,7-10H2,2-5H3,(H,17,20)(H,18,21).